The molecule has 1 amide bonds. The molecule has 5 nitrogen and oxygen atoms in total. The zero-order valence-electron chi connectivity index (χ0n) is 11.6. The second-order valence-corrected chi connectivity index (χ2v) is 4.95. The first kappa shape index (κ1) is 13.8. The zero-order valence-corrected chi connectivity index (χ0v) is 11.6. The fourth-order valence-electron chi connectivity index (χ4n) is 2.15. The van der Waals surface area contributed by atoms with Crippen molar-refractivity contribution in [3.63, 3.8) is 0 Å². The van der Waals surface area contributed by atoms with Crippen LogP contribution in [-0.2, 0) is 4.79 Å². The Kier molecular flexibility index (Phi) is 4.74. The monoisotopic (exact) mass is 262 g/mol. The summed E-state index contributed by atoms with van der Waals surface area (Å²) in [7, 11) is 1.77. The number of anilines is 2. The van der Waals surface area contributed by atoms with Crippen molar-refractivity contribution in [3.05, 3.63) is 18.3 Å². The van der Waals surface area contributed by atoms with Crippen molar-refractivity contribution in [2.75, 3.05) is 30.4 Å². The molecule has 0 aromatic carbocycles. The van der Waals surface area contributed by atoms with Gasteiger partial charge in [-0.3, -0.25) is 4.79 Å². The third kappa shape index (κ3) is 3.67. The van der Waals surface area contributed by atoms with Crippen LogP contribution in [0, 0.1) is 0 Å². The second-order valence-electron chi connectivity index (χ2n) is 4.95. The fourth-order valence-corrected chi connectivity index (χ4v) is 2.15. The number of carbonyl (C=O) groups is 1. The molecule has 19 heavy (non-hydrogen) atoms. The van der Waals surface area contributed by atoms with E-state index in [2.05, 4.69) is 20.5 Å². The first-order valence-electron chi connectivity index (χ1n) is 6.90. The van der Waals surface area contributed by atoms with E-state index in [0.717, 1.165) is 24.6 Å². The molecule has 2 N–H and O–H groups in total. The van der Waals surface area contributed by atoms with Gasteiger partial charge in [-0.25, -0.2) is 4.98 Å². The number of aromatic nitrogens is 1. The molecule has 1 aliphatic rings. The highest BCUT2D eigenvalue weighted by Crippen LogP contribution is 2.18. The van der Waals surface area contributed by atoms with E-state index >= 15 is 0 Å². The number of amides is 1. The summed E-state index contributed by atoms with van der Waals surface area (Å²) in [6.45, 7) is 3.98. The van der Waals surface area contributed by atoms with Crippen molar-refractivity contribution in [2.45, 2.75) is 32.2 Å². The molecule has 1 saturated heterocycles. The lowest BCUT2D eigenvalue weighted by Crippen LogP contribution is -2.35. The van der Waals surface area contributed by atoms with Crippen molar-refractivity contribution < 1.29 is 4.79 Å². The Balaban J connectivity index is 1.96. The highest BCUT2D eigenvalue weighted by molar-refractivity contribution is 5.94. The standard InChI is InChI=1S/C14H22N4O/c1-11(15-2)14(19)17-12-6-7-13(16-10-12)18-8-4-3-5-9-18/h6-7,10-11,15H,3-5,8-9H2,1-2H3,(H,17,19). The maximum absolute atomic E-state index is 11.7. The van der Waals surface area contributed by atoms with E-state index in [-0.39, 0.29) is 11.9 Å². The summed E-state index contributed by atoms with van der Waals surface area (Å²) in [5.74, 6) is 0.953. The summed E-state index contributed by atoms with van der Waals surface area (Å²) in [6, 6.07) is 3.68. The summed E-state index contributed by atoms with van der Waals surface area (Å²) < 4.78 is 0. The van der Waals surface area contributed by atoms with E-state index in [9.17, 15) is 4.79 Å². The van der Waals surface area contributed by atoms with Crippen molar-refractivity contribution in [3.8, 4) is 0 Å². The Morgan fingerprint density at radius 3 is 2.63 bits per heavy atom. The minimum absolute atomic E-state index is 0.0463. The summed E-state index contributed by atoms with van der Waals surface area (Å²) in [5, 5.41) is 5.75. The fraction of sp³-hybridized carbons (Fsp3) is 0.571. The maximum Gasteiger partial charge on any atom is 0.241 e. The highest BCUT2D eigenvalue weighted by atomic mass is 16.2. The second kappa shape index (κ2) is 6.52. The number of hydrogen-bond acceptors (Lipinski definition) is 4. The topological polar surface area (TPSA) is 57.3 Å². The average Bonchev–Trinajstić information content (AvgIpc) is 2.48. The molecule has 1 aromatic heterocycles. The van der Waals surface area contributed by atoms with Crippen molar-refractivity contribution in [2.24, 2.45) is 0 Å². The smallest absolute Gasteiger partial charge is 0.241 e. The van der Waals surface area contributed by atoms with Crippen LogP contribution < -0.4 is 15.5 Å². The van der Waals surface area contributed by atoms with Crippen molar-refractivity contribution in [1.82, 2.24) is 10.3 Å². The third-order valence-corrected chi connectivity index (χ3v) is 3.52. The molecule has 0 saturated carbocycles. The van der Waals surface area contributed by atoms with Gasteiger partial charge in [-0.05, 0) is 45.4 Å². The third-order valence-electron chi connectivity index (χ3n) is 3.52. The summed E-state index contributed by atoms with van der Waals surface area (Å²) in [5.41, 5.74) is 0.743. The highest BCUT2D eigenvalue weighted by Gasteiger charge is 2.13. The number of nitrogens with zero attached hydrogens (tertiary/aromatic N) is 2. The van der Waals surface area contributed by atoms with Gasteiger partial charge >= 0.3 is 0 Å². The van der Waals surface area contributed by atoms with E-state index in [0.29, 0.717) is 0 Å². The molecule has 1 atom stereocenters. The van der Waals surface area contributed by atoms with Gasteiger partial charge in [-0.1, -0.05) is 0 Å². The molecule has 2 rings (SSSR count). The van der Waals surface area contributed by atoms with Crippen LogP contribution in [0.2, 0.25) is 0 Å². The van der Waals surface area contributed by atoms with Crippen LogP contribution in [0.15, 0.2) is 18.3 Å². The Morgan fingerprint density at radius 1 is 1.32 bits per heavy atom. The molecule has 1 fully saturated rings. The zero-order chi connectivity index (χ0) is 13.7. The largest absolute Gasteiger partial charge is 0.357 e. The predicted octanol–water partition coefficient (Wildman–Crippen LogP) is 1.62. The molecule has 1 aliphatic heterocycles. The van der Waals surface area contributed by atoms with Gasteiger partial charge in [0.1, 0.15) is 5.82 Å². The first-order valence-corrected chi connectivity index (χ1v) is 6.90. The van der Waals surface area contributed by atoms with Gasteiger partial charge in [-0.15, -0.1) is 0 Å². The van der Waals surface area contributed by atoms with Crippen LogP contribution in [0.5, 0.6) is 0 Å². The van der Waals surface area contributed by atoms with E-state index in [1.54, 1.807) is 13.2 Å². The van der Waals surface area contributed by atoms with Gasteiger partial charge in [0, 0.05) is 13.1 Å². The molecule has 2 heterocycles. The Bertz CT molecular complexity index is 412. The number of pyridine rings is 1. The van der Waals surface area contributed by atoms with Crippen LogP contribution in [0.1, 0.15) is 26.2 Å². The molecular weight excluding hydrogens is 240 g/mol. The number of likely N-dealkylation sites (N-methyl/N-ethyl adjacent to an activating group) is 1. The Morgan fingerprint density at radius 2 is 2.05 bits per heavy atom. The van der Waals surface area contributed by atoms with Gasteiger partial charge in [0.15, 0.2) is 0 Å². The van der Waals surface area contributed by atoms with E-state index in [4.69, 9.17) is 0 Å². The minimum Gasteiger partial charge on any atom is -0.357 e. The first-order chi connectivity index (χ1) is 9.20. The normalized spacial score (nSPS) is 17.1. The number of hydrogen-bond donors (Lipinski definition) is 2. The van der Waals surface area contributed by atoms with Gasteiger partial charge in [0.2, 0.25) is 5.91 Å². The predicted molar refractivity (Wildman–Crippen MR) is 77.5 cm³/mol. The number of rotatable bonds is 4. The number of piperidine rings is 1. The summed E-state index contributed by atoms with van der Waals surface area (Å²) in [4.78, 5) is 18.4. The molecule has 0 bridgehead atoms. The van der Waals surface area contributed by atoms with Crippen LogP contribution in [-0.4, -0.2) is 37.1 Å². The molecular formula is C14H22N4O. The molecule has 0 radical (unpaired) electrons. The van der Waals surface area contributed by atoms with Crippen molar-refractivity contribution in [1.29, 1.82) is 0 Å². The lowest BCUT2D eigenvalue weighted by atomic mass is 10.1. The Labute approximate surface area is 114 Å². The summed E-state index contributed by atoms with van der Waals surface area (Å²) in [6.07, 6.45) is 5.51. The lowest BCUT2D eigenvalue weighted by molar-refractivity contribution is -0.117. The van der Waals surface area contributed by atoms with Gasteiger partial charge in [0.05, 0.1) is 17.9 Å². The van der Waals surface area contributed by atoms with E-state index in [1.807, 2.05) is 19.1 Å². The van der Waals surface area contributed by atoms with E-state index in [1.165, 1.54) is 19.3 Å². The molecule has 5 heteroatoms. The molecule has 104 valence electrons. The number of nitrogens with one attached hydrogen (secondary N) is 2. The SMILES string of the molecule is CNC(C)C(=O)Nc1ccc(N2CCCCC2)nc1. The number of carbonyl (C=O) groups excluding carboxylic acids is 1. The molecule has 0 spiro atoms. The quantitative estimate of drug-likeness (QED) is 0.865. The van der Waals surface area contributed by atoms with Gasteiger partial charge < -0.3 is 15.5 Å². The van der Waals surface area contributed by atoms with Crippen molar-refractivity contribution >= 4 is 17.4 Å². The van der Waals surface area contributed by atoms with Gasteiger partial charge in [-0.2, -0.15) is 0 Å². The molecule has 1 unspecified atom stereocenters. The van der Waals surface area contributed by atoms with Gasteiger partial charge in [0.25, 0.3) is 0 Å². The molecule has 1 aromatic rings. The van der Waals surface area contributed by atoms with E-state index < -0.39 is 0 Å². The van der Waals surface area contributed by atoms with Crippen LogP contribution in [0.25, 0.3) is 0 Å². The molecule has 0 aliphatic carbocycles. The van der Waals surface area contributed by atoms with Crippen LogP contribution in [0.3, 0.4) is 0 Å². The lowest BCUT2D eigenvalue weighted by Gasteiger charge is -2.27. The van der Waals surface area contributed by atoms with Crippen LogP contribution >= 0.6 is 0 Å². The maximum atomic E-state index is 11.7. The Hall–Kier alpha value is -1.62. The van der Waals surface area contributed by atoms with Crippen LogP contribution in [0.4, 0.5) is 11.5 Å². The average molecular weight is 262 g/mol. The summed E-state index contributed by atoms with van der Waals surface area (Å²) >= 11 is 0. The minimum atomic E-state index is -0.207.